The van der Waals surface area contributed by atoms with E-state index in [0.717, 1.165) is 24.3 Å². The van der Waals surface area contributed by atoms with Crippen molar-refractivity contribution < 1.29 is 34.8 Å². The van der Waals surface area contributed by atoms with E-state index < -0.39 is 51.0 Å². The van der Waals surface area contributed by atoms with Crippen LogP contribution in [0.2, 0.25) is 0 Å². The Bertz CT molecular complexity index is 1280. The van der Waals surface area contributed by atoms with Crippen LogP contribution in [0.1, 0.15) is 41.6 Å². The molecule has 0 aromatic heterocycles. The quantitative estimate of drug-likeness (QED) is 0.470. The minimum atomic E-state index is -4.57. The molecule has 4 nitrogen and oxygen atoms in total. The summed E-state index contributed by atoms with van der Waals surface area (Å²) in [6, 6.07) is 8.50. The van der Waals surface area contributed by atoms with Gasteiger partial charge in [0.1, 0.15) is 0 Å². The fourth-order valence-electron chi connectivity index (χ4n) is 4.59. The number of hydrogen-bond donors (Lipinski definition) is 0. The molecule has 0 saturated carbocycles. The number of fused-ring (bicyclic) bond motifs is 1. The molecule has 0 amide bonds. The molecule has 2 heterocycles. The van der Waals surface area contributed by atoms with Crippen LogP contribution in [0.25, 0.3) is 6.08 Å². The van der Waals surface area contributed by atoms with Gasteiger partial charge in [0.25, 0.3) is 0 Å². The topological polar surface area (TPSA) is 49.7 Å². The van der Waals surface area contributed by atoms with Gasteiger partial charge in [-0.1, -0.05) is 31.2 Å². The molecule has 2 aromatic rings. The summed E-state index contributed by atoms with van der Waals surface area (Å²) < 4.78 is 105. The number of benzene rings is 2. The van der Waals surface area contributed by atoms with Crippen LogP contribution in [-0.2, 0) is 22.2 Å². The van der Waals surface area contributed by atoms with Gasteiger partial charge in [0.15, 0.2) is 9.84 Å². The van der Waals surface area contributed by atoms with Crippen molar-refractivity contribution in [2.45, 2.75) is 31.7 Å². The zero-order chi connectivity index (χ0) is 25.6. The molecule has 188 valence electrons. The van der Waals surface area contributed by atoms with E-state index in [1.165, 1.54) is 30.3 Å². The molecule has 35 heavy (non-hydrogen) atoms. The van der Waals surface area contributed by atoms with E-state index >= 15 is 0 Å². The van der Waals surface area contributed by atoms with Crippen molar-refractivity contribution in [1.29, 1.82) is 0 Å². The second kappa shape index (κ2) is 9.00. The van der Waals surface area contributed by atoms with E-state index in [4.69, 9.17) is 0 Å². The Morgan fingerprint density at radius 1 is 1.00 bits per heavy atom. The van der Waals surface area contributed by atoms with E-state index in [0.29, 0.717) is 18.7 Å². The summed E-state index contributed by atoms with van der Waals surface area (Å²) in [5.74, 6) is -1.47. The van der Waals surface area contributed by atoms with Gasteiger partial charge >= 0.3 is 12.4 Å². The first-order chi connectivity index (χ1) is 16.3. The standard InChI is InChI=1S/C24H22F6N2O2S/c1-2-9-32-22(16-6-4-8-19(12-16)24(28,29)30)20-14-35(33,34)13-17(21(20)31-32)10-15-5-3-7-18(11-15)23(25,26)27/h3-8,10-12,20,22H,2,9,13-14H2,1H3/b17-10+. The molecule has 2 aliphatic heterocycles. The molecule has 0 radical (unpaired) electrons. The lowest BCUT2D eigenvalue weighted by molar-refractivity contribution is -0.138. The summed E-state index contributed by atoms with van der Waals surface area (Å²) in [4.78, 5) is 0. The Balaban J connectivity index is 1.79. The highest BCUT2D eigenvalue weighted by atomic mass is 32.2. The van der Waals surface area contributed by atoms with Crippen LogP contribution >= 0.6 is 0 Å². The number of alkyl halides is 6. The third-order valence-corrected chi connectivity index (χ3v) is 7.61. The van der Waals surface area contributed by atoms with E-state index in [1.54, 1.807) is 5.01 Å². The molecule has 0 spiro atoms. The lowest BCUT2D eigenvalue weighted by Crippen LogP contribution is -2.37. The van der Waals surface area contributed by atoms with Crippen molar-refractivity contribution >= 4 is 21.6 Å². The fraction of sp³-hybridized carbons (Fsp3) is 0.375. The van der Waals surface area contributed by atoms with Gasteiger partial charge in [0, 0.05) is 12.5 Å². The number of nitrogens with zero attached hydrogens (tertiary/aromatic N) is 2. The van der Waals surface area contributed by atoms with E-state index in [-0.39, 0.29) is 22.5 Å². The normalized spacial score (nSPS) is 23.3. The van der Waals surface area contributed by atoms with Crippen LogP contribution in [0, 0.1) is 5.92 Å². The molecule has 0 N–H and O–H groups in total. The Hall–Kier alpha value is -2.82. The zero-order valence-electron chi connectivity index (χ0n) is 18.6. The van der Waals surface area contributed by atoms with E-state index in [2.05, 4.69) is 5.10 Å². The average molecular weight is 517 g/mol. The van der Waals surface area contributed by atoms with Crippen LogP contribution < -0.4 is 0 Å². The molecule has 2 aliphatic rings. The van der Waals surface area contributed by atoms with E-state index in [1.807, 2.05) is 6.92 Å². The van der Waals surface area contributed by atoms with Crippen LogP contribution in [0.15, 0.2) is 59.2 Å². The molecule has 0 aliphatic carbocycles. The second-order valence-electron chi connectivity index (χ2n) is 8.67. The third kappa shape index (κ3) is 5.39. The predicted molar refractivity (Wildman–Crippen MR) is 120 cm³/mol. The Labute approximate surface area is 198 Å². The Kier molecular flexibility index (Phi) is 6.50. The van der Waals surface area contributed by atoms with Crippen molar-refractivity contribution in [3.63, 3.8) is 0 Å². The van der Waals surface area contributed by atoms with Crippen molar-refractivity contribution in [3.05, 3.63) is 76.4 Å². The number of halogens is 6. The number of rotatable bonds is 4. The predicted octanol–water partition coefficient (Wildman–Crippen LogP) is 5.98. The molecule has 2 unspecified atom stereocenters. The summed E-state index contributed by atoms with van der Waals surface area (Å²) in [6.45, 7) is 2.24. The summed E-state index contributed by atoms with van der Waals surface area (Å²) in [6.07, 6.45) is -7.15. The Morgan fingerprint density at radius 3 is 2.26 bits per heavy atom. The summed E-state index contributed by atoms with van der Waals surface area (Å²) in [5, 5.41) is 6.17. The van der Waals surface area contributed by atoms with Crippen molar-refractivity contribution in [1.82, 2.24) is 5.01 Å². The average Bonchev–Trinajstić information content (AvgIpc) is 3.10. The van der Waals surface area contributed by atoms with Gasteiger partial charge in [-0.2, -0.15) is 31.4 Å². The van der Waals surface area contributed by atoms with E-state index in [9.17, 15) is 34.8 Å². The van der Waals surface area contributed by atoms with Gasteiger partial charge in [-0.25, -0.2) is 8.42 Å². The number of hydrazone groups is 1. The maximum atomic E-state index is 13.3. The smallest absolute Gasteiger partial charge is 0.289 e. The monoisotopic (exact) mass is 516 g/mol. The van der Waals surface area contributed by atoms with Gasteiger partial charge in [0.2, 0.25) is 0 Å². The maximum Gasteiger partial charge on any atom is 0.416 e. The highest BCUT2D eigenvalue weighted by Gasteiger charge is 2.46. The first-order valence-electron chi connectivity index (χ1n) is 10.9. The third-order valence-electron chi connectivity index (χ3n) is 5.99. The first kappa shape index (κ1) is 25.3. The Morgan fingerprint density at radius 2 is 1.63 bits per heavy atom. The molecule has 11 heteroatoms. The minimum Gasteiger partial charge on any atom is -0.289 e. The lowest BCUT2D eigenvalue weighted by atomic mass is 9.87. The van der Waals surface area contributed by atoms with Gasteiger partial charge in [-0.05, 0) is 53.5 Å². The minimum absolute atomic E-state index is 0.165. The molecular formula is C24H22F6N2O2S. The summed E-state index contributed by atoms with van der Waals surface area (Å²) in [5.41, 5.74) is -0.641. The number of hydrogen-bond acceptors (Lipinski definition) is 4. The molecular weight excluding hydrogens is 494 g/mol. The second-order valence-corrected chi connectivity index (χ2v) is 10.8. The van der Waals surface area contributed by atoms with Gasteiger partial charge in [-0.15, -0.1) is 0 Å². The highest BCUT2D eigenvalue weighted by molar-refractivity contribution is 7.91. The van der Waals surface area contributed by atoms with Crippen molar-refractivity contribution in [3.8, 4) is 0 Å². The van der Waals surface area contributed by atoms with Crippen LogP contribution in [0.3, 0.4) is 0 Å². The molecule has 4 rings (SSSR count). The van der Waals surface area contributed by atoms with Crippen LogP contribution in [0.5, 0.6) is 0 Å². The van der Waals surface area contributed by atoms with Crippen LogP contribution in [0.4, 0.5) is 26.3 Å². The SMILES string of the molecule is CCCN1N=C2/C(=C/c3cccc(C(F)(F)F)c3)CS(=O)(=O)CC2C1c1cccc(C(F)(F)F)c1. The lowest BCUT2D eigenvalue weighted by Gasteiger charge is -2.30. The zero-order valence-corrected chi connectivity index (χ0v) is 19.4. The van der Waals surface area contributed by atoms with Gasteiger partial charge < -0.3 is 0 Å². The highest BCUT2D eigenvalue weighted by Crippen LogP contribution is 2.43. The van der Waals surface area contributed by atoms with Crippen molar-refractivity contribution in [2.75, 3.05) is 18.1 Å². The molecule has 2 atom stereocenters. The summed E-state index contributed by atoms with van der Waals surface area (Å²) in [7, 11) is -3.68. The van der Waals surface area contributed by atoms with Gasteiger partial charge in [0.05, 0.1) is 34.4 Å². The molecule has 0 bridgehead atoms. The molecule has 1 fully saturated rings. The summed E-state index contributed by atoms with van der Waals surface area (Å²) >= 11 is 0. The fourth-order valence-corrected chi connectivity index (χ4v) is 6.30. The largest absolute Gasteiger partial charge is 0.416 e. The molecule has 2 aromatic carbocycles. The van der Waals surface area contributed by atoms with Gasteiger partial charge in [-0.3, -0.25) is 5.01 Å². The maximum absolute atomic E-state index is 13.3. The number of sulfone groups is 1. The molecule has 1 saturated heterocycles. The van der Waals surface area contributed by atoms with Crippen LogP contribution in [-0.4, -0.2) is 37.2 Å². The first-order valence-corrected chi connectivity index (χ1v) is 12.7. The van der Waals surface area contributed by atoms with Crippen molar-refractivity contribution in [2.24, 2.45) is 11.0 Å².